The summed E-state index contributed by atoms with van der Waals surface area (Å²) in [6, 6.07) is 6.43. The standard InChI is InChI=1S/C17H27NO4/c1-12-6-7-13(15(8-12)19-3)9-18(2)14-10-22-11-16(20-4)17(14)21-5/h6-8,14,16-17H,9-11H2,1-5H3/t14-,16-,17+/m1/s1. The van der Waals surface area contributed by atoms with Gasteiger partial charge in [0.15, 0.2) is 0 Å². The van der Waals surface area contributed by atoms with E-state index in [0.29, 0.717) is 13.2 Å². The molecular weight excluding hydrogens is 282 g/mol. The van der Waals surface area contributed by atoms with Crippen molar-refractivity contribution < 1.29 is 18.9 Å². The highest BCUT2D eigenvalue weighted by Crippen LogP contribution is 2.25. The molecule has 0 bridgehead atoms. The van der Waals surface area contributed by atoms with Gasteiger partial charge in [0.25, 0.3) is 0 Å². The largest absolute Gasteiger partial charge is 0.496 e. The van der Waals surface area contributed by atoms with E-state index < -0.39 is 0 Å². The van der Waals surface area contributed by atoms with Gasteiger partial charge < -0.3 is 18.9 Å². The van der Waals surface area contributed by atoms with E-state index in [0.717, 1.165) is 17.9 Å². The van der Waals surface area contributed by atoms with Gasteiger partial charge in [-0.1, -0.05) is 12.1 Å². The molecule has 3 atom stereocenters. The first-order valence-electron chi connectivity index (χ1n) is 7.57. The normalized spacial score (nSPS) is 25.5. The van der Waals surface area contributed by atoms with Crippen molar-refractivity contribution in [2.45, 2.75) is 31.7 Å². The Morgan fingerprint density at radius 3 is 2.59 bits per heavy atom. The van der Waals surface area contributed by atoms with Crippen molar-refractivity contribution >= 4 is 0 Å². The first kappa shape index (κ1) is 17.2. The quantitative estimate of drug-likeness (QED) is 0.802. The summed E-state index contributed by atoms with van der Waals surface area (Å²) in [6.07, 6.45) is -0.0358. The summed E-state index contributed by atoms with van der Waals surface area (Å²) in [4.78, 5) is 2.24. The molecule has 1 saturated heterocycles. The second-order valence-electron chi connectivity index (χ2n) is 5.81. The Morgan fingerprint density at radius 1 is 1.18 bits per heavy atom. The lowest BCUT2D eigenvalue weighted by atomic mass is 10.0. The second-order valence-corrected chi connectivity index (χ2v) is 5.81. The second kappa shape index (κ2) is 7.92. The number of hydrogen-bond acceptors (Lipinski definition) is 5. The zero-order valence-corrected chi connectivity index (χ0v) is 14.2. The highest BCUT2D eigenvalue weighted by Gasteiger charge is 2.36. The summed E-state index contributed by atoms with van der Waals surface area (Å²) in [6.45, 7) is 4.05. The minimum atomic E-state index is -0.0360. The van der Waals surface area contributed by atoms with Gasteiger partial charge in [-0.05, 0) is 25.6 Å². The maximum atomic E-state index is 5.67. The van der Waals surface area contributed by atoms with Crippen LogP contribution in [0.15, 0.2) is 18.2 Å². The molecule has 0 spiro atoms. The van der Waals surface area contributed by atoms with Gasteiger partial charge in [0, 0.05) is 26.3 Å². The molecule has 0 amide bonds. The molecule has 0 N–H and O–H groups in total. The summed E-state index contributed by atoms with van der Waals surface area (Å²) < 4.78 is 22.3. The summed E-state index contributed by atoms with van der Waals surface area (Å²) >= 11 is 0. The SMILES string of the molecule is COc1cc(C)ccc1CN(C)[C@@H]1COC[C@@H](OC)[C@H]1OC. The third-order valence-corrected chi connectivity index (χ3v) is 4.32. The highest BCUT2D eigenvalue weighted by atomic mass is 16.6. The lowest BCUT2D eigenvalue weighted by Crippen LogP contribution is -2.56. The van der Waals surface area contributed by atoms with Gasteiger partial charge >= 0.3 is 0 Å². The number of rotatable bonds is 6. The predicted molar refractivity (Wildman–Crippen MR) is 85.4 cm³/mol. The minimum absolute atomic E-state index is 0.000179. The van der Waals surface area contributed by atoms with E-state index in [1.165, 1.54) is 5.56 Å². The first-order chi connectivity index (χ1) is 10.6. The summed E-state index contributed by atoms with van der Waals surface area (Å²) in [7, 11) is 7.22. The van der Waals surface area contributed by atoms with Crippen molar-refractivity contribution in [1.82, 2.24) is 4.90 Å². The fraction of sp³-hybridized carbons (Fsp3) is 0.647. The molecule has 5 heteroatoms. The van der Waals surface area contributed by atoms with Crippen LogP contribution >= 0.6 is 0 Å². The molecule has 1 aromatic rings. The van der Waals surface area contributed by atoms with E-state index in [-0.39, 0.29) is 18.2 Å². The molecule has 0 aromatic heterocycles. The number of methoxy groups -OCH3 is 3. The molecule has 0 unspecified atom stereocenters. The van der Waals surface area contributed by atoms with Gasteiger partial charge in [-0.25, -0.2) is 0 Å². The molecule has 5 nitrogen and oxygen atoms in total. The third kappa shape index (κ3) is 3.79. The fourth-order valence-electron chi connectivity index (χ4n) is 3.00. The smallest absolute Gasteiger partial charge is 0.123 e. The van der Waals surface area contributed by atoms with Gasteiger partial charge in [0.1, 0.15) is 18.0 Å². The van der Waals surface area contributed by atoms with Crippen LogP contribution in [0.2, 0.25) is 0 Å². The fourth-order valence-corrected chi connectivity index (χ4v) is 3.00. The van der Waals surface area contributed by atoms with Crippen LogP contribution in [0.25, 0.3) is 0 Å². The number of hydrogen-bond donors (Lipinski definition) is 0. The van der Waals surface area contributed by atoms with Crippen molar-refractivity contribution in [3.05, 3.63) is 29.3 Å². The number of benzene rings is 1. The molecule has 0 radical (unpaired) electrons. The lowest BCUT2D eigenvalue weighted by Gasteiger charge is -2.40. The van der Waals surface area contributed by atoms with E-state index in [9.17, 15) is 0 Å². The highest BCUT2D eigenvalue weighted by molar-refractivity contribution is 5.37. The molecule has 1 heterocycles. The Morgan fingerprint density at radius 2 is 1.95 bits per heavy atom. The van der Waals surface area contributed by atoms with Crippen LogP contribution in [0.3, 0.4) is 0 Å². The van der Waals surface area contributed by atoms with Gasteiger partial charge in [-0.3, -0.25) is 4.90 Å². The van der Waals surface area contributed by atoms with Crippen LogP contribution in [0.4, 0.5) is 0 Å². The third-order valence-electron chi connectivity index (χ3n) is 4.32. The zero-order chi connectivity index (χ0) is 16.1. The number of likely N-dealkylation sites (N-methyl/N-ethyl adjacent to an activating group) is 1. The Balaban J connectivity index is 2.12. The summed E-state index contributed by atoms with van der Waals surface area (Å²) in [5.74, 6) is 0.917. The van der Waals surface area contributed by atoms with Crippen molar-refractivity contribution in [3.63, 3.8) is 0 Å². The number of ether oxygens (including phenoxy) is 4. The summed E-state index contributed by atoms with van der Waals surface area (Å²) in [5, 5.41) is 0. The average molecular weight is 309 g/mol. The van der Waals surface area contributed by atoms with E-state index in [1.807, 2.05) is 0 Å². The zero-order valence-electron chi connectivity index (χ0n) is 14.2. The lowest BCUT2D eigenvalue weighted by molar-refractivity contribution is -0.153. The van der Waals surface area contributed by atoms with Crippen molar-refractivity contribution in [1.29, 1.82) is 0 Å². The van der Waals surface area contributed by atoms with Gasteiger partial charge in [-0.2, -0.15) is 0 Å². The van der Waals surface area contributed by atoms with Crippen molar-refractivity contribution in [3.8, 4) is 5.75 Å². The average Bonchev–Trinajstić information content (AvgIpc) is 2.55. The van der Waals surface area contributed by atoms with Crippen molar-refractivity contribution in [2.24, 2.45) is 0 Å². The van der Waals surface area contributed by atoms with Gasteiger partial charge in [-0.15, -0.1) is 0 Å². The Kier molecular flexibility index (Phi) is 6.20. The molecule has 1 aliphatic heterocycles. The molecule has 1 fully saturated rings. The molecule has 0 saturated carbocycles. The van der Waals surface area contributed by atoms with Crippen LogP contribution in [-0.4, -0.2) is 64.7 Å². The van der Waals surface area contributed by atoms with E-state index in [2.05, 4.69) is 37.1 Å². The van der Waals surface area contributed by atoms with Crippen LogP contribution < -0.4 is 4.74 Å². The molecule has 0 aliphatic carbocycles. The van der Waals surface area contributed by atoms with E-state index in [4.69, 9.17) is 18.9 Å². The Hall–Kier alpha value is -1.14. The molecule has 2 rings (SSSR count). The Bertz CT molecular complexity index is 480. The van der Waals surface area contributed by atoms with Crippen LogP contribution in [0, 0.1) is 6.92 Å². The summed E-state index contributed by atoms with van der Waals surface area (Å²) in [5.41, 5.74) is 2.35. The topological polar surface area (TPSA) is 40.2 Å². The minimum Gasteiger partial charge on any atom is -0.496 e. The molecular formula is C17H27NO4. The molecule has 124 valence electrons. The molecule has 1 aromatic carbocycles. The maximum absolute atomic E-state index is 5.67. The van der Waals surface area contributed by atoms with Crippen LogP contribution in [0.1, 0.15) is 11.1 Å². The monoisotopic (exact) mass is 309 g/mol. The van der Waals surface area contributed by atoms with Gasteiger partial charge in [0.05, 0.1) is 26.4 Å². The van der Waals surface area contributed by atoms with E-state index >= 15 is 0 Å². The molecule has 1 aliphatic rings. The van der Waals surface area contributed by atoms with Crippen LogP contribution in [-0.2, 0) is 20.8 Å². The van der Waals surface area contributed by atoms with Gasteiger partial charge in [0.2, 0.25) is 0 Å². The maximum Gasteiger partial charge on any atom is 0.123 e. The van der Waals surface area contributed by atoms with Crippen molar-refractivity contribution in [2.75, 3.05) is 41.6 Å². The van der Waals surface area contributed by atoms with Crippen LogP contribution in [0.5, 0.6) is 5.75 Å². The van der Waals surface area contributed by atoms with E-state index in [1.54, 1.807) is 21.3 Å². The number of aryl methyl sites for hydroxylation is 1. The number of nitrogens with zero attached hydrogens (tertiary/aromatic N) is 1. The predicted octanol–water partition coefficient (Wildman–Crippen LogP) is 1.86. The molecule has 22 heavy (non-hydrogen) atoms. The Labute approximate surface area is 133 Å². The first-order valence-corrected chi connectivity index (χ1v) is 7.57.